The van der Waals surface area contributed by atoms with Crippen molar-refractivity contribution >= 4 is 20.0 Å². The average Bonchev–Trinajstić information content (AvgIpc) is 2.75. The van der Waals surface area contributed by atoms with Gasteiger partial charge < -0.3 is 9.84 Å². The Balaban J connectivity index is 2.14. The highest BCUT2D eigenvalue weighted by molar-refractivity contribution is 7.89. The normalized spacial score (nSPS) is 22.2. The third-order valence-electron chi connectivity index (χ3n) is 5.85. The predicted octanol–water partition coefficient (Wildman–Crippen LogP) is 2.15. The van der Waals surface area contributed by atoms with Gasteiger partial charge in [-0.25, -0.2) is 25.5 Å². The van der Waals surface area contributed by atoms with Crippen LogP contribution in [0.25, 0.3) is 11.1 Å². The molecule has 0 saturated carbocycles. The first-order valence-corrected chi connectivity index (χ1v) is 13.7. The molecule has 2 aromatic carbocycles. The first kappa shape index (κ1) is 25.6. The average molecular weight is 501 g/mol. The molecule has 0 fully saturated rings. The molecule has 0 saturated heterocycles. The summed E-state index contributed by atoms with van der Waals surface area (Å²) < 4.78 is 72.9. The van der Waals surface area contributed by atoms with E-state index in [1.165, 1.54) is 29.6 Å². The van der Waals surface area contributed by atoms with Crippen LogP contribution in [-0.4, -0.2) is 75.7 Å². The molecular weight excluding hydrogens is 471 g/mol. The van der Waals surface area contributed by atoms with Crippen molar-refractivity contribution in [1.29, 1.82) is 0 Å². The van der Waals surface area contributed by atoms with Crippen molar-refractivity contribution in [3.8, 4) is 16.9 Å². The molecule has 33 heavy (non-hydrogen) atoms. The largest absolute Gasteiger partial charge is 0.487 e. The Labute approximate surface area is 194 Å². The van der Waals surface area contributed by atoms with Crippen LogP contribution in [0.5, 0.6) is 5.75 Å². The van der Waals surface area contributed by atoms with Crippen molar-refractivity contribution in [1.82, 2.24) is 8.61 Å². The van der Waals surface area contributed by atoms with Crippen molar-refractivity contribution < 1.29 is 31.1 Å². The summed E-state index contributed by atoms with van der Waals surface area (Å²) in [6, 6.07) is 9.67. The predicted molar refractivity (Wildman–Crippen MR) is 123 cm³/mol. The van der Waals surface area contributed by atoms with Crippen LogP contribution in [0.15, 0.2) is 47.4 Å². The minimum atomic E-state index is -4.02. The standard InChI is InChI=1S/C22H29FN2O6S2/c1-15-12-25(16(2)14-26)33(29,30)22-10-7-18(17-5-8-19(23)9-6-17)11-20(22)31-21(15)13-24(3)32(4,27)28/h5-11,15-16,21,26H,12-14H2,1-4H3/t15-,16-,21-/m0/s1. The number of hydrogen-bond donors (Lipinski definition) is 1. The van der Waals surface area contributed by atoms with Gasteiger partial charge in [-0.2, -0.15) is 4.31 Å². The van der Waals surface area contributed by atoms with Crippen LogP contribution < -0.4 is 4.74 Å². The smallest absolute Gasteiger partial charge is 0.247 e. The minimum Gasteiger partial charge on any atom is -0.487 e. The lowest BCUT2D eigenvalue weighted by Crippen LogP contribution is -2.50. The lowest BCUT2D eigenvalue weighted by Gasteiger charge is -2.37. The number of rotatable bonds is 6. The van der Waals surface area contributed by atoms with Crippen LogP contribution >= 0.6 is 0 Å². The zero-order valence-electron chi connectivity index (χ0n) is 19.0. The Morgan fingerprint density at radius 1 is 1.21 bits per heavy atom. The van der Waals surface area contributed by atoms with Gasteiger partial charge in [0, 0.05) is 25.6 Å². The molecule has 3 rings (SSSR count). The number of halogens is 1. The summed E-state index contributed by atoms with van der Waals surface area (Å²) in [5.41, 5.74) is 1.29. The Morgan fingerprint density at radius 2 is 1.82 bits per heavy atom. The number of sulfonamides is 2. The van der Waals surface area contributed by atoms with Gasteiger partial charge in [-0.3, -0.25) is 0 Å². The van der Waals surface area contributed by atoms with Gasteiger partial charge in [0.25, 0.3) is 0 Å². The molecule has 0 aliphatic carbocycles. The summed E-state index contributed by atoms with van der Waals surface area (Å²) in [6.07, 6.45) is 0.432. The highest BCUT2D eigenvalue weighted by Crippen LogP contribution is 2.36. The van der Waals surface area contributed by atoms with Gasteiger partial charge in [0.15, 0.2) is 0 Å². The van der Waals surface area contributed by atoms with Gasteiger partial charge in [-0.15, -0.1) is 0 Å². The highest BCUT2D eigenvalue weighted by Gasteiger charge is 2.38. The van der Waals surface area contributed by atoms with E-state index in [9.17, 15) is 26.3 Å². The second-order valence-electron chi connectivity index (χ2n) is 8.45. The summed E-state index contributed by atoms with van der Waals surface area (Å²) in [5.74, 6) is -0.707. The lowest BCUT2D eigenvalue weighted by atomic mass is 10.0. The summed E-state index contributed by atoms with van der Waals surface area (Å²) in [5, 5.41) is 9.69. The number of ether oxygens (including phenoxy) is 1. The lowest BCUT2D eigenvalue weighted by molar-refractivity contribution is 0.0906. The molecule has 0 radical (unpaired) electrons. The molecule has 1 N–H and O–H groups in total. The molecule has 0 aromatic heterocycles. The zero-order valence-corrected chi connectivity index (χ0v) is 20.6. The Morgan fingerprint density at radius 3 is 2.39 bits per heavy atom. The molecule has 0 spiro atoms. The Bertz CT molecular complexity index is 1200. The molecule has 8 nitrogen and oxygen atoms in total. The monoisotopic (exact) mass is 500 g/mol. The van der Waals surface area contributed by atoms with Crippen molar-refractivity contribution in [2.75, 3.05) is 33.0 Å². The second-order valence-corrected chi connectivity index (χ2v) is 12.4. The van der Waals surface area contributed by atoms with E-state index in [0.29, 0.717) is 11.1 Å². The number of likely N-dealkylation sites (N-methyl/N-ethyl adjacent to an activating group) is 1. The summed E-state index contributed by atoms with van der Waals surface area (Å²) in [6.45, 7) is 3.08. The van der Waals surface area contributed by atoms with E-state index in [2.05, 4.69) is 0 Å². The van der Waals surface area contributed by atoms with E-state index in [1.54, 1.807) is 38.1 Å². The van der Waals surface area contributed by atoms with Crippen LogP contribution in [0.4, 0.5) is 4.39 Å². The van der Waals surface area contributed by atoms with E-state index in [1.807, 2.05) is 0 Å². The molecule has 11 heteroatoms. The fraction of sp³-hybridized carbons (Fsp3) is 0.455. The fourth-order valence-electron chi connectivity index (χ4n) is 3.65. The van der Waals surface area contributed by atoms with E-state index >= 15 is 0 Å². The maximum Gasteiger partial charge on any atom is 0.247 e. The number of hydrogen-bond acceptors (Lipinski definition) is 6. The van der Waals surface area contributed by atoms with E-state index in [-0.39, 0.29) is 36.3 Å². The van der Waals surface area contributed by atoms with Crippen LogP contribution in [0, 0.1) is 11.7 Å². The number of aliphatic hydroxyl groups excluding tert-OH is 1. The summed E-state index contributed by atoms with van der Waals surface area (Å²) in [7, 11) is -6.07. The van der Waals surface area contributed by atoms with Gasteiger partial charge in [-0.05, 0) is 42.3 Å². The van der Waals surface area contributed by atoms with Crippen LogP contribution in [-0.2, 0) is 20.0 Å². The van der Waals surface area contributed by atoms with E-state index in [0.717, 1.165) is 10.6 Å². The number of aliphatic hydroxyl groups is 1. The SMILES string of the molecule is C[C@H]1CN([C@@H](C)CO)S(=O)(=O)c2ccc(-c3ccc(F)cc3)cc2O[C@H]1CN(C)S(C)(=O)=O. The van der Waals surface area contributed by atoms with Crippen molar-refractivity contribution in [3.05, 3.63) is 48.3 Å². The topological polar surface area (TPSA) is 104 Å². The molecule has 1 aliphatic rings. The first-order valence-electron chi connectivity index (χ1n) is 10.4. The Hall–Kier alpha value is -2.05. The van der Waals surface area contributed by atoms with Crippen LogP contribution in [0.3, 0.4) is 0 Å². The van der Waals surface area contributed by atoms with Crippen molar-refractivity contribution in [3.63, 3.8) is 0 Å². The number of benzene rings is 2. The molecule has 3 atom stereocenters. The van der Waals surface area contributed by atoms with Crippen LogP contribution in [0.1, 0.15) is 13.8 Å². The molecule has 0 unspecified atom stereocenters. The molecule has 1 heterocycles. The third kappa shape index (κ3) is 5.55. The van der Waals surface area contributed by atoms with Gasteiger partial charge in [0.1, 0.15) is 22.6 Å². The highest BCUT2D eigenvalue weighted by atomic mass is 32.2. The van der Waals surface area contributed by atoms with Gasteiger partial charge in [0.05, 0.1) is 19.4 Å². The molecule has 1 aliphatic heterocycles. The van der Waals surface area contributed by atoms with Gasteiger partial charge in [-0.1, -0.05) is 25.1 Å². The van der Waals surface area contributed by atoms with Gasteiger partial charge in [0.2, 0.25) is 20.0 Å². The fourth-order valence-corrected chi connectivity index (χ4v) is 5.90. The minimum absolute atomic E-state index is 0.0155. The maximum absolute atomic E-state index is 13.5. The van der Waals surface area contributed by atoms with E-state index < -0.39 is 38.0 Å². The molecular formula is C22H29FN2O6S2. The number of fused-ring (bicyclic) bond motifs is 1. The first-order chi connectivity index (χ1) is 15.3. The van der Waals surface area contributed by atoms with Gasteiger partial charge >= 0.3 is 0 Å². The molecule has 182 valence electrons. The van der Waals surface area contributed by atoms with Crippen molar-refractivity contribution in [2.24, 2.45) is 5.92 Å². The quantitative estimate of drug-likeness (QED) is 0.652. The molecule has 2 aromatic rings. The summed E-state index contributed by atoms with van der Waals surface area (Å²) in [4.78, 5) is -0.0763. The number of nitrogens with zero attached hydrogens (tertiary/aromatic N) is 2. The second kappa shape index (κ2) is 9.67. The third-order valence-corrected chi connectivity index (χ3v) is 9.15. The van der Waals surface area contributed by atoms with E-state index in [4.69, 9.17) is 4.74 Å². The molecule has 0 amide bonds. The molecule has 0 bridgehead atoms. The van der Waals surface area contributed by atoms with Crippen molar-refractivity contribution in [2.45, 2.75) is 30.9 Å². The summed E-state index contributed by atoms with van der Waals surface area (Å²) >= 11 is 0. The van der Waals surface area contributed by atoms with Crippen LogP contribution in [0.2, 0.25) is 0 Å². The maximum atomic E-state index is 13.5. The zero-order chi connectivity index (χ0) is 24.6. The Kier molecular flexibility index (Phi) is 7.49.